The van der Waals surface area contributed by atoms with Crippen LogP contribution in [0.2, 0.25) is 0 Å². The summed E-state index contributed by atoms with van der Waals surface area (Å²) in [7, 11) is 0. The summed E-state index contributed by atoms with van der Waals surface area (Å²) in [5.74, 6) is 3.42. The number of benzene rings is 1. The lowest BCUT2D eigenvalue weighted by Gasteiger charge is -2.72. The van der Waals surface area contributed by atoms with Gasteiger partial charge in [-0.05, 0) is 151 Å². The molecule has 2 N–H and O–H groups in total. The molecule has 2 aromatic rings. The average Bonchev–Trinajstić information content (AvgIpc) is 3.65. The van der Waals surface area contributed by atoms with Gasteiger partial charge in [0.25, 0.3) is 0 Å². The lowest BCUT2D eigenvalue weighted by Crippen LogP contribution is -2.67. The molecule has 5 aliphatic carbocycles. The summed E-state index contributed by atoms with van der Waals surface area (Å²) in [5.41, 5.74) is 5.42. The highest BCUT2D eigenvalue weighted by Gasteiger charge is 2.70. The van der Waals surface area contributed by atoms with E-state index >= 15 is 0 Å². The minimum Gasteiger partial charge on any atom is -0.478 e. The van der Waals surface area contributed by atoms with Crippen LogP contribution >= 0.6 is 0 Å². The van der Waals surface area contributed by atoms with Crippen molar-refractivity contribution in [2.45, 2.75) is 111 Å². The van der Waals surface area contributed by atoms with E-state index in [4.69, 9.17) is 4.42 Å². The number of furan rings is 1. The fourth-order valence-electron chi connectivity index (χ4n) is 13.0. The van der Waals surface area contributed by atoms with Gasteiger partial charge < -0.3 is 14.8 Å². The van der Waals surface area contributed by atoms with Gasteiger partial charge in [-0.15, -0.1) is 0 Å². The number of hydrogen-bond donors (Lipinski definition) is 2. The van der Waals surface area contributed by atoms with E-state index in [2.05, 4.69) is 65.6 Å². The third kappa shape index (κ3) is 4.36. The minimum absolute atomic E-state index is 0.0326. The third-order valence-electron chi connectivity index (χ3n) is 15.3. The molecule has 0 spiro atoms. The van der Waals surface area contributed by atoms with Crippen LogP contribution in [0, 0.1) is 51.2 Å². The normalized spacial score (nSPS) is 41.6. The molecular formula is C41H55NO3. The van der Waals surface area contributed by atoms with Crippen LogP contribution < -0.4 is 5.32 Å². The zero-order valence-corrected chi connectivity index (χ0v) is 28.5. The lowest BCUT2D eigenvalue weighted by atomic mass is 9.33. The fourth-order valence-corrected chi connectivity index (χ4v) is 13.0. The zero-order chi connectivity index (χ0) is 32.0. The Morgan fingerprint density at radius 2 is 1.69 bits per heavy atom. The summed E-state index contributed by atoms with van der Waals surface area (Å²) in [6, 6.07) is 11.7. The molecule has 0 radical (unpaired) electrons. The topological polar surface area (TPSA) is 62.5 Å². The monoisotopic (exact) mass is 609 g/mol. The number of hydrogen-bond acceptors (Lipinski definition) is 3. The molecule has 0 aliphatic heterocycles. The molecule has 0 amide bonds. The molecule has 0 saturated heterocycles. The van der Waals surface area contributed by atoms with Gasteiger partial charge in [0.15, 0.2) is 0 Å². The summed E-state index contributed by atoms with van der Waals surface area (Å²) in [6.45, 7) is 20.7. The van der Waals surface area contributed by atoms with Crippen molar-refractivity contribution < 1.29 is 14.3 Å². The van der Waals surface area contributed by atoms with Crippen molar-refractivity contribution in [1.82, 2.24) is 5.32 Å². The molecule has 5 aliphatic rings. The first-order valence-corrected chi connectivity index (χ1v) is 17.7. The van der Waals surface area contributed by atoms with Crippen LogP contribution in [0.15, 0.2) is 65.3 Å². The highest BCUT2D eigenvalue weighted by molar-refractivity contribution is 5.88. The number of aromatic carboxylic acids is 1. The van der Waals surface area contributed by atoms with Crippen molar-refractivity contribution in [2.75, 3.05) is 0 Å². The van der Waals surface area contributed by atoms with Gasteiger partial charge in [-0.1, -0.05) is 65.0 Å². The Labute approximate surface area is 271 Å². The second-order valence-electron chi connectivity index (χ2n) is 17.2. The number of fused-ring (bicyclic) bond motifs is 7. The first-order chi connectivity index (χ1) is 21.3. The summed E-state index contributed by atoms with van der Waals surface area (Å²) in [4.78, 5) is 11.5. The first-order valence-electron chi connectivity index (χ1n) is 17.7. The highest BCUT2D eigenvalue weighted by Crippen LogP contribution is 2.76. The zero-order valence-electron chi connectivity index (χ0n) is 28.5. The number of carboxylic acids is 1. The Balaban J connectivity index is 1.21. The summed E-state index contributed by atoms with van der Waals surface area (Å²) < 4.78 is 5.78. The molecule has 0 unspecified atom stereocenters. The number of allylic oxidation sites excluding steroid dienone is 3. The maximum Gasteiger partial charge on any atom is 0.335 e. The third-order valence-corrected chi connectivity index (χ3v) is 15.3. The second-order valence-corrected chi connectivity index (χ2v) is 17.2. The van der Waals surface area contributed by atoms with E-state index in [0.717, 1.165) is 18.7 Å². The van der Waals surface area contributed by atoms with Crippen molar-refractivity contribution in [2.24, 2.45) is 51.2 Å². The van der Waals surface area contributed by atoms with Gasteiger partial charge in [0.2, 0.25) is 0 Å². The first kappa shape index (κ1) is 31.0. The smallest absolute Gasteiger partial charge is 0.335 e. The molecule has 9 atom stereocenters. The SMILES string of the molecule is C=C(C)[C@@H]1CC[C@]2(NCc3ccco3)CC[C@]3(C)[C@H](CC[C@@H]4[C@@]5(C)CC=C(c6ccc(C(=O)O)cc6)C(C)(C)[C@@H]5CC[C@]43C)[C@@H]12. The summed E-state index contributed by atoms with van der Waals surface area (Å²) >= 11 is 0. The molecule has 7 rings (SSSR count). The van der Waals surface area contributed by atoms with Crippen LogP contribution in [-0.2, 0) is 6.54 Å². The van der Waals surface area contributed by atoms with Crippen LogP contribution in [0.5, 0.6) is 0 Å². The molecule has 0 bridgehead atoms. The van der Waals surface area contributed by atoms with E-state index in [0.29, 0.717) is 46.0 Å². The Kier molecular flexibility index (Phi) is 7.21. The van der Waals surface area contributed by atoms with Crippen LogP contribution in [0.25, 0.3) is 5.57 Å². The molecule has 45 heavy (non-hydrogen) atoms. The van der Waals surface area contributed by atoms with E-state index in [1.165, 1.54) is 68.1 Å². The van der Waals surface area contributed by atoms with Crippen LogP contribution in [0.1, 0.15) is 121 Å². The van der Waals surface area contributed by atoms with Crippen LogP contribution in [0.4, 0.5) is 0 Å². The minimum atomic E-state index is -0.859. The maximum atomic E-state index is 11.5. The predicted octanol–water partition coefficient (Wildman–Crippen LogP) is 10.2. The standard InChI is InChI=1S/C41H55NO3/c1-26(2)30-16-21-41(42-25-29-9-8-24-45-29)23-22-39(6)32(35(30)41)14-15-34-38(5)19-17-31(27-10-12-28(13-11-27)36(43)44)37(3,4)33(38)18-20-40(34,39)7/h8-13,17,24,30,32-35,42H,1,14-16,18-23,25H2,2-7H3,(H,43,44)/t30-,32+,33-,34+,35+,38-,39+,40+,41-/m0/s1. The number of rotatable bonds is 6. The summed E-state index contributed by atoms with van der Waals surface area (Å²) in [5, 5.41) is 13.6. The Bertz CT molecular complexity index is 1500. The predicted molar refractivity (Wildman–Crippen MR) is 182 cm³/mol. The fraction of sp³-hybridized carbons (Fsp3) is 0.634. The molecule has 242 valence electrons. The van der Waals surface area contributed by atoms with Gasteiger partial charge in [0.05, 0.1) is 18.4 Å². The number of carbonyl (C=O) groups is 1. The van der Waals surface area contributed by atoms with E-state index in [1.807, 2.05) is 18.2 Å². The van der Waals surface area contributed by atoms with Crippen LogP contribution in [-0.4, -0.2) is 16.6 Å². The second kappa shape index (κ2) is 10.5. The Hall–Kier alpha value is -2.59. The van der Waals surface area contributed by atoms with Gasteiger partial charge in [-0.3, -0.25) is 0 Å². The summed E-state index contributed by atoms with van der Waals surface area (Å²) in [6.07, 6.45) is 15.7. The van der Waals surface area contributed by atoms with Crippen molar-refractivity contribution >= 4 is 11.5 Å². The molecule has 1 aromatic heterocycles. The van der Waals surface area contributed by atoms with Gasteiger partial charge in [-0.25, -0.2) is 4.79 Å². The van der Waals surface area contributed by atoms with Crippen molar-refractivity contribution in [3.8, 4) is 0 Å². The molecule has 4 nitrogen and oxygen atoms in total. The number of carboxylic acid groups (broad SMARTS) is 1. The van der Waals surface area contributed by atoms with Gasteiger partial charge >= 0.3 is 5.97 Å². The quantitative estimate of drug-likeness (QED) is 0.320. The van der Waals surface area contributed by atoms with Gasteiger partial charge in [0.1, 0.15) is 5.76 Å². The largest absolute Gasteiger partial charge is 0.478 e. The molecule has 4 heteroatoms. The highest BCUT2D eigenvalue weighted by atomic mass is 16.4. The molecular weight excluding hydrogens is 554 g/mol. The molecule has 4 fully saturated rings. The van der Waals surface area contributed by atoms with E-state index in [9.17, 15) is 9.90 Å². The number of nitrogens with one attached hydrogen (secondary N) is 1. The van der Waals surface area contributed by atoms with Crippen LogP contribution in [0.3, 0.4) is 0 Å². The van der Waals surface area contributed by atoms with Crippen molar-refractivity contribution in [3.05, 3.63) is 77.8 Å². The Morgan fingerprint density at radius 3 is 2.36 bits per heavy atom. The van der Waals surface area contributed by atoms with Gasteiger partial charge in [-0.2, -0.15) is 0 Å². The van der Waals surface area contributed by atoms with Crippen molar-refractivity contribution in [1.29, 1.82) is 0 Å². The lowest BCUT2D eigenvalue weighted by molar-refractivity contribution is -0.219. The molecule has 4 saturated carbocycles. The molecule has 1 aromatic carbocycles. The van der Waals surface area contributed by atoms with E-state index < -0.39 is 5.97 Å². The average molecular weight is 610 g/mol. The molecule has 1 heterocycles. The van der Waals surface area contributed by atoms with Gasteiger partial charge in [0, 0.05) is 5.54 Å². The Morgan fingerprint density at radius 1 is 0.933 bits per heavy atom. The maximum absolute atomic E-state index is 11.5. The van der Waals surface area contributed by atoms with E-state index in [-0.39, 0.29) is 16.4 Å². The van der Waals surface area contributed by atoms with E-state index in [1.54, 1.807) is 18.4 Å². The van der Waals surface area contributed by atoms with Crippen molar-refractivity contribution in [3.63, 3.8) is 0 Å².